The van der Waals surface area contributed by atoms with Crippen LogP contribution in [0.2, 0.25) is 0 Å². The van der Waals surface area contributed by atoms with Gasteiger partial charge in [0.25, 0.3) is 11.6 Å². The van der Waals surface area contributed by atoms with E-state index in [2.05, 4.69) is 0 Å². The van der Waals surface area contributed by atoms with Gasteiger partial charge in [0, 0.05) is 28.8 Å². The first kappa shape index (κ1) is 18.0. The van der Waals surface area contributed by atoms with Crippen molar-refractivity contribution in [2.75, 3.05) is 13.1 Å². The molecule has 0 aromatic heterocycles. The fourth-order valence-corrected chi connectivity index (χ4v) is 2.74. The molecule has 22 heavy (non-hydrogen) atoms. The number of hydrogen-bond acceptors (Lipinski definition) is 5. The fraction of sp³-hybridized carbons (Fsp3) is 0.429. The molecule has 0 saturated heterocycles. The Morgan fingerprint density at radius 3 is 2.50 bits per heavy atom. The number of hydrogen-bond donors (Lipinski definition) is 1. The van der Waals surface area contributed by atoms with E-state index in [0.717, 1.165) is 4.90 Å². The minimum Gasteiger partial charge on any atom is -0.480 e. The van der Waals surface area contributed by atoms with Crippen LogP contribution in [0.4, 0.5) is 5.69 Å². The monoisotopic (exact) mass is 326 g/mol. The molecule has 0 fully saturated rings. The van der Waals surface area contributed by atoms with Crippen molar-refractivity contribution in [1.82, 2.24) is 4.90 Å². The van der Waals surface area contributed by atoms with Crippen LogP contribution < -0.4 is 0 Å². The number of rotatable bonds is 7. The van der Waals surface area contributed by atoms with E-state index in [1.807, 2.05) is 13.8 Å². The summed E-state index contributed by atoms with van der Waals surface area (Å²) in [6, 6.07) is 4.08. The van der Waals surface area contributed by atoms with Crippen LogP contribution in [-0.2, 0) is 4.79 Å². The molecule has 0 atom stereocenters. The third-order valence-corrected chi connectivity index (χ3v) is 3.84. The van der Waals surface area contributed by atoms with E-state index < -0.39 is 23.3 Å². The van der Waals surface area contributed by atoms with Gasteiger partial charge >= 0.3 is 5.97 Å². The Bertz CT molecular complexity index is 589. The number of nitro benzene ring substituents is 1. The van der Waals surface area contributed by atoms with Crippen molar-refractivity contribution >= 4 is 29.3 Å². The lowest BCUT2D eigenvalue weighted by Gasteiger charge is -2.20. The maximum Gasteiger partial charge on any atom is 0.323 e. The molecule has 8 heteroatoms. The zero-order valence-corrected chi connectivity index (χ0v) is 13.4. The lowest BCUT2D eigenvalue weighted by Crippen LogP contribution is -2.35. The van der Waals surface area contributed by atoms with Crippen molar-refractivity contribution in [3.8, 4) is 0 Å². The summed E-state index contributed by atoms with van der Waals surface area (Å²) in [5.74, 6) is -1.64. The first-order valence-corrected chi connectivity index (χ1v) is 7.60. The topological polar surface area (TPSA) is 101 Å². The summed E-state index contributed by atoms with van der Waals surface area (Å²) in [6.07, 6.45) is 0. The molecule has 0 heterocycles. The van der Waals surface area contributed by atoms with E-state index in [1.54, 1.807) is 6.92 Å². The van der Waals surface area contributed by atoms with Crippen molar-refractivity contribution in [3.05, 3.63) is 33.9 Å². The number of non-ortho nitro benzene ring substituents is 1. The molecule has 0 aliphatic carbocycles. The van der Waals surface area contributed by atoms with E-state index in [-0.39, 0.29) is 23.0 Å². The van der Waals surface area contributed by atoms with Gasteiger partial charge in [-0.1, -0.05) is 13.8 Å². The SMILES string of the molecule is CCN(CC(=O)O)C(=O)c1cc([N+](=O)[O-])ccc1SC(C)C. The summed E-state index contributed by atoms with van der Waals surface area (Å²) in [5, 5.41) is 20.0. The zero-order chi connectivity index (χ0) is 16.9. The van der Waals surface area contributed by atoms with Gasteiger partial charge in [-0.3, -0.25) is 19.7 Å². The quantitative estimate of drug-likeness (QED) is 0.469. The van der Waals surface area contributed by atoms with Crippen LogP contribution in [0.25, 0.3) is 0 Å². The fourth-order valence-electron chi connectivity index (χ4n) is 1.82. The number of nitrogens with zero attached hydrogens (tertiary/aromatic N) is 2. The number of amides is 1. The predicted molar refractivity (Wildman–Crippen MR) is 83.3 cm³/mol. The van der Waals surface area contributed by atoms with Gasteiger partial charge in [0.15, 0.2) is 0 Å². The van der Waals surface area contributed by atoms with Crippen LogP contribution in [-0.4, -0.2) is 45.1 Å². The predicted octanol–water partition coefficient (Wildman–Crippen LogP) is 2.64. The third kappa shape index (κ3) is 4.73. The number of carboxylic acids is 1. The minimum atomic E-state index is -1.13. The molecule has 1 amide bonds. The smallest absolute Gasteiger partial charge is 0.323 e. The molecule has 1 N–H and O–H groups in total. The summed E-state index contributed by atoms with van der Waals surface area (Å²) in [7, 11) is 0. The summed E-state index contributed by atoms with van der Waals surface area (Å²) in [4.78, 5) is 35.4. The minimum absolute atomic E-state index is 0.163. The number of benzene rings is 1. The van der Waals surface area contributed by atoms with Crippen molar-refractivity contribution in [3.63, 3.8) is 0 Å². The van der Waals surface area contributed by atoms with E-state index in [1.165, 1.54) is 30.0 Å². The Morgan fingerprint density at radius 2 is 2.05 bits per heavy atom. The summed E-state index contributed by atoms with van der Waals surface area (Å²) in [5.41, 5.74) is -0.0289. The van der Waals surface area contributed by atoms with Crippen LogP contribution in [0.5, 0.6) is 0 Å². The molecule has 120 valence electrons. The van der Waals surface area contributed by atoms with Gasteiger partial charge in [0.1, 0.15) is 6.54 Å². The van der Waals surface area contributed by atoms with Gasteiger partial charge in [-0.25, -0.2) is 0 Å². The molecule has 0 aliphatic heterocycles. The summed E-state index contributed by atoms with van der Waals surface area (Å²) >= 11 is 1.40. The summed E-state index contributed by atoms with van der Waals surface area (Å²) < 4.78 is 0. The number of carbonyl (C=O) groups is 2. The number of thioether (sulfide) groups is 1. The van der Waals surface area contributed by atoms with Gasteiger partial charge < -0.3 is 10.0 Å². The van der Waals surface area contributed by atoms with Gasteiger partial charge in [-0.05, 0) is 13.0 Å². The van der Waals surface area contributed by atoms with Crippen LogP contribution in [0.1, 0.15) is 31.1 Å². The molecule has 0 saturated carbocycles. The largest absolute Gasteiger partial charge is 0.480 e. The number of aliphatic carboxylic acids is 1. The molecular formula is C14H18N2O5S. The molecule has 0 spiro atoms. The maximum absolute atomic E-state index is 12.5. The molecule has 0 bridgehead atoms. The van der Waals surface area contributed by atoms with Gasteiger partial charge in [-0.15, -0.1) is 11.8 Å². The molecule has 0 aliphatic rings. The first-order chi connectivity index (χ1) is 10.3. The van der Waals surface area contributed by atoms with Crippen LogP contribution in [0, 0.1) is 10.1 Å². The molecule has 1 rings (SSSR count). The van der Waals surface area contributed by atoms with E-state index >= 15 is 0 Å². The lowest BCUT2D eigenvalue weighted by atomic mass is 10.1. The van der Waals surface area contributed by atoms with Crippen LogP contribution in [0.15, 0.2) is 23.1 Å². The Hall–Kier alpha value is -2.09. The van der Waals surface area contributed by atoms with Crippen molar-refractivity contribution in [2.45, 2.75) is 30.9 Å². The lowest BCUT2D eigenvalue weighted by molar-refractivity contribution is -0.384. The molecular weight excluding hydrogens is 308 g/mol. The molecule has 1 aromatic carbocycles. The highest BCUT2D eigenvalue weighted by atomic mass is 32.2. The van der Waals surface area contributed by atoms with Crippen LogP contribution >= 0.6 is 11.8 Å². The van der Waals surface area contributed by atoms with Gasteiger partial charge in [-0.2, -0.15) is 0 Å². The Morgan fingerprint density at radius 1 is 1.41 bits per heavy atom. The van der Waals surface area contributed by atoms with Gasteiger partial charge in [0.05, 0.1) is 10.5 Å². The average Bonchev–Trinajstić information content (AvgIpc) is 2.43. The Balaban J connectivity index is 3.26. The van der Waals surface area contributed by atoms with Gasteiger partial charge in [0.2, 0.25) is 0 Å². The molecule has 0 radical (unpaired) electrons. The molecule has 1 aromatic rings. The average molecular weight is 326 g/mol. The van der Waals surface area contributed by atoms with Crippen molar-refractivity contribution < 1.29 is 19.6 Å². The normalized spacial score (nSPS) is 10.5. The summed E-state index contributed by atoms with van der Waals surface area (Å²) in [6.45, 7) is 5.31. The Labute approximate surface area is 132 Å². The number of carboxylic acid groups (broad SMARTS) is 1. The standard InChI is InChI=1S/C14H18N2O5S/c1-4-15(8-13(17)18)14(19)11-7-10(16(20)21)5-6-12(11)22-9(2)3/h5-7,9H,4,8H2,1-3H3,(H,17,18). The number of nitro groups is 1. The van der Waals surface area contributed by atoms with Crippen LogP contribution in [0.3, 0.4) is 0 Å². The third-order valence-electron chi connectivity index (χ3n) is 2.76. The zero-order valence-electron chi connectivity index (χ0n) is 12.6. The highest BCUT2D eigenvalue weighted by Gasteiger charge is 2.23. The highest BCUT2D eigenvalue weighted by Crippen LogP contribution is 2.30. The second-order valence-electron chi connectivity index (χ2n) is 4.82. The van der Waals surface area contributed by atoms with E-state index in [0.29, 0.717) is 4.90 Å². The number of carbonyl (C=O) groups excluding carboxylic acids is 1. The maximum atomic E-state index is 12.5. The number of likely N-dealkylation sites (N-methyl/N-ethyl adjacent to an activating group) is 1. The highest BCUT2D eigenvalue weighted by molar-refractivity contribution is 8.00. The van der Waals surface area contributed by atoms with Crippen molar-refractivity contribution in [2.24, 2.45) is 0 Å². The van der Waals surface area contributed by atoms with Crippen molar-refractivity contribution in [1.29, 1.82) is 0 Å². The van der Waals surface area contributed by atoms with E-state index in [4.69, 9.17) is 5.11 Å². The van der Waals surface area contributed by atoms with E-state index in [9.17, 15) is 19.7 Å². The molecule has 0 unspecified atom stereocenters. The second-order valence-corrected chi connectivity index (χ2v) is 6.44. The first-order valence-electron chi connectivity index (χ1n) is 6.72. The Kier molecular flexibility index (Phi) is 6.36. The molecule has 7 nitrogen and oxygen atoms in total. The second kappa shape index (κ2) is 7.79.